The molecule has 3 aromatic rings. The number of piperazine rings is 1. The van der Waals surface area contributed by atoms with Crippen molar-refractivity contribution in [2.45, 2.75) is 18.8 Å². The monoisotopic (exact) mass is 468 g/mol. The summed E-state index contributed by atoms with van der Waals surface area (Å²) in [4.78, 5) is 29.9. The van der Waals surface area contributed by atoms with Crippen molar-refractivity contribution < 1.29 is 4.79 Å². The highest BCUT2D eigenvalue weighted by atomic mass is 16.1. The van der Waals surface area contributed by atoms with Crippen LogP contribution in [-0.2, 0) is 4.79 Å². The molecule has 0 bridgehead atoms. The largest absolute Gasteiger partial charge is 0.358 e. The Bertz CT molecular complexity index is 1240. The number of likely N-dealkylation sites (N-methyl/N-ethyl adjacent to an activating group) is 1. The fourth-order valence-corrected chi connectivity index (χ4v) is 4.26. The fourth-order valence-electron chi connectivity index (χ4n) is 4.26. The molecule has 0 radical (unpaired) electrons. The molecule has 0 aromatic carbocycles. The Morgan fingerprint density at radius 2 is 1.91 bits per heavy atom. The molecule has 1 saturated carbocycles. The van der Waals surface area contributed by atoms with Crippen LogP contribution in [0.1, 0.15) is 29.9 Å². The van der Waals surface area contributed by atoms with Crippen molar-refractivity contribution in [3.63, 3.8) is 0 Å². The number of carbonyl (C=O) groups excluding carboxylic acids is 1. The van der Waals surface area contributed by atoms with Gasteiger partial charge in [-0.2, -0.15) is 5.26 Å². The lowest BCUT2D eigenvalue weighted by Crippen LogP contribution is -2.49. The molecule has 1 amide bonds. The lowest BCUT2D eigenvalue weighted by molar-refractivity contribution is -0.121. The smallest absolute Gasteiger partial charge is 0.233 e. The number of amides is 1. The molecular weight excluding hydrogens is 440 g/mol. The van der Waals surface area contributed by atoms with E-state index in [-0.39, 0.29) is 5.91 Å². The summed E-state index contributed by atoms with van der Waals surface area (Å²) in [6.45, 7) is 3.77. The van der Waals surface area contributed by atoms with Gasteiger partial charge < -0.3 is 15.5 Å². The first-order valence-electron chi connectivity index (χ1n) is 11.9. The molecule has 5 rings (SSSR count). The zero-order chi connectivity index (χ0) is 24.2. The van der Waals surface area contributed by atoms with E-state index in [1.54, 1.807) is 25.4 Å². The van der Waals surface area contributed by atoms with Gasteiger partial charge in [0.25, 0.3) is 0 Å². The number of aromatic nitrogens is 3. The Balaban J connectivity index is 1.31. The number of rotatable bonds is 7. The highest BCUT2D eigenvalue weighted by molar-refractivity contribution is 5.77. The summed E-state index contributed by atoms with van der Waals surface area (Å²) < 4.78 is 0. The van der Waals surface area contributed by atoms with Crippen molar-refractivity contribution in [3.05, 3.63) is 59.9 Å². The standard InChI is InChI=1S/C26H28N8O/c1-28-26(35)17-33-8-10-34(11-9-33)25-5-4-20(16-30-25)22-13-21(19-2-3-19)14-24(31-22)32-23-12-18(15-27)6-7-29-23/h4-7,12-14,16,19H,2-3,8-11,17H2,1H3,(H,28,35)(H,29,31,32). The summed E-state index contributed by atoms with van der Waals surface area (Å²) in [5.74, 6) is 2.85. The second-order valence-corrected chi connectivity index (χ2v) is 8.95. The summed E-state index contributed by atoms with van der Waals surface area (Å²) in [5.41, 5.74) is 3.62. The Morgan fingerprint density at radius 1 is 1.09 bits per heavy atom. The number of nitriles is 1. The number of anilines is 3. The number of carbonyl (C=O) groups is 1. The molecule has 3 aromatic heterocycles. The van der Waals surface area contributed by atoms with Gasteiger partial charge in [0.1, 0.15) is 17.5 Å². The third kappa shape index (κ3) is 5.55. The molecule has 35 heavy (non-hydrogen) atoms. The first-order valence-corrected chi connectivity index (χ1v) is 11.9. The minimum absolute atomic E-state index is 0.0456. The average Bonchev–Trinajstić information content (AvgIpc) is 3.75. The van der Waals surface area contributed by atoms with Gasteiger partial charge in [-0.25, -0.2) is 15.0 Å². The third-order valence-electron chi connectivity index (χ3n) is 6.43. The molecule has 2 aliphatic rings. The summed E-state index contributed by atoms with van der Waals surface area (Å²) in [6, 6.07) is 13.9. The lowest BCUT2D eigenvalue weighted by atomic mass is 10.1. The zero-order valence-electron chi connectivity index (χ0n) is 19.7. The van der Waals surface area contributed by atoms with Crippen molar-refractivity contribution in [2.75, 3.05) is 50.0 Å². The molecule has 9 heteroatoms. The van der Waals surface area contributed by atoms with Crippen LogP contribution in [0.25, 0.3) is 11.3 Å². The third-order valence-corrected chi connectivity index (χ3v) is 6.43. The van der Waals surface area contributed by atoms with Gasteiger partial charge in [-0.3, -0.25) is 9.69 Å². The highest BCUT2D eigenvalue weighted by Crippen LogP contribution is 2.42. The van der Waals surface area contributed by atoms with Crippen molar-refractivity contribution in [2.24, 2.45) is 0 Å². The van der Waals surface area contributed by atoms with Crippen LogP contribution in [0.2, 0.25) is 0 Å². The van der Waals surface area contributed by atoms with Crippen LogP contribution in [0.15, 0.2) is 48.8 Å². The first kappa shape index (κ1) is 22.7. The number of hydrogen-bond donors (Lipinski definition) is 2. The maximum absolute atomic E-state index is 11.6. The van der Waals surface area contributed by atoms with E-state index in [1.165, 1.54) is 18.4 Å². The normalized spacial score (nSPS) is 15.9. The second-order valence-electron chi connectivity index (χ2n) is 8.95. The molecule has 0 atom stereocenters. The van der Waals surface area contributed by atoms with Crippen LogP contribution in [0.3, 0.4) is 0 Å². The van der Waals surface area contributed by atoms with E-state index in [4.69, 9.17) is 9.97 Å². The molecular formula is C26H28N8O. The summed E-state index contributed by atoms with van der Waals surface area (Å²) in [5, 5.41) is 15.1. The van der Waals surface area contributed by atoms with Gasteiger partial charge in [0, 0.05) is 51.2 Å². The van der Waals surface area contributed by atoms with Gasteiger partial charge in [0.15, 0.2) is 0 Å². The molecule has 2 N–H and O–H groups in total. The molecule has 1 saturated heterocycles. The van der Waals surface area contributed by atoms with E-state index in [1.807, 2.05) is 12.3 Å². The Morgan fingerprint density at radius 3 is 2.60 bits per heavy atom. The minimum Gasteiger partial charge on any atom is -0.358 e. The molecule has 2 fully saturated rings. The number of nitrogens with one attached hydrogen (secondary N) is 2. The van der Waals surface area contributed by atoms with E-state index in [9.17, 15) is 10.1 Å². The predicted molar refractivity (Wildman–Crippen MR) is 134 cm³/mol. The van der Waals surface area contributed by atoms with Gasteiger partial charge >= 0.3 is 0 Å². The topological polar surface area (TPSA) is 110 Å². The lowest BCUT2D eigenvalue weighted by Gasteiger charge is -2.34. The zero-order valence-corrected chi connectivity index (χ0v) is 19.7. The van der Waals surface area contributed by atoms with Crippen LogP contribution in [-0.4, -0.2) is 65.5 Å². The Labute approximate surface area is 204 Å². The van der Waals surface area contributed by atoms with Crippen LogP contribution < -0.4 is 15.5 Å². The average molecular weight is 469 g/mol. The van der Waals surface area contributed by atoms with Gasteiger partial charge in [0.2, 0.25) is 5.91 Å². The quantitative estimate of drug-likeness (QED) is 0.545. The van der Waals surface area contributed by atoms with E-state index in [0.29, 0.717) is 29.7 Å². The van der Waals surface area contributed by atoms with Crippen LogP contribution in [0.5, 0.6) is 0 Å². The summed E-state index contributed by atoms with van der Waals surface area (Å²) >= 11 is 0. The van der Waals surface area contributed by atoms with Crippen LogP contribution >= 0.6 is 0 Å². The number of hydrogen-bond acceptors (Lipinski definition) is 8. The van der Waals surface area contributed by atoms with Crippen molar-refractivity contribution in [1.29, 1.82) is 5.26 Å². The van der Waals surface area contributed by atoms with E-state index in [0.717, 1.165) is 43.3 Å². The van der Waals surface area contributed by atoms with Crippen LogP contribution in [0, 0.1) is 11.3 Å². The van der Waals surface area contributed by atoms with Gasteiger partial charge in [-0.05, 0) is 60.7 Å². The number of nitrogens with zero attached hydrogens (tertiary/aromatic N) is 6. The van der Waals surface area contributed by atoms with Gasteiger partial charge in [-0.1, -0.05) is 0 Å². The highest BCUT2D eigenvalue weighted by Gasteiger charge is 2.25. The summed E-state index contributed by atoms with van der Waals surface area (Å²) in [6.07, 6.45) is 5.87. The predicted octanol–water partition coefficient (Wildman–Crippen LogP) is 2.90. The molecule has 0 unspecified atom stereocenters. The maximum Gasteiger partial charge on any atom is 0.233 e. The fraction of sp³-hybridized carbons (Fsp3) is 0.346. The molecule has 1 aliphatic carbocycles. The van der Waals surface area contributed by atoms with E-state index >= 15 is 0 Å². The minimum atomic E-state index is 0.0456. The van der Waals surface area contributed by atoms with Gasteiger partial charge in [-0.15, -0.1) is 0 Å². The molecule has 1 aliphatic heterocycles. The first-order chi connectivity index (χ1) is 17.1. The Kier molecular flexibility index (Phi) is 6.55. The summed E-state index contributed by atoms with van der Waals surface area (Å²) in [7, 11) is 1.67. The van der Waals surface area contributed by atoms with E-state index < -0.39 is 0 Å². The molecule has 9 nitrogen and oxygen atoms in total. The SMILES string of the molecule is CNC(=O)CN1CCN(c2ccc(-c3cc(C4CC4)cc(Nc4cc(C#N)ccn4)n3)cn2)CC1. The maximum atomic E-state index is 11.6. The van der Waals surface area contributed by atoms with Crippen LogP contribution in [0.4, 0.5) is 17.5 Å². The van der Waals surface area contributed by atoms with Crippen molar-refractivity contribution in [1.82, 2.24) is 25.2 Å². The molecule has 0 spiro atoms. The van der Waals surface area contributed by atoms with Crippen molar-refractivity contribution >= 4 is 23.4 Å². The molecule has 178 valence electrons. The van der Waals surface area contributed by atoms with Gasteiger partial charge in [0.05, 0.1) is 23.9 Å². The van der Waals surface area contributed by atoms with E-state index in [2.05, 4.69) is 49.7 Å². The number of pyridine rings is 3. The van der Waals surface area contributed by atoms with Crippen molar-refractivity contribution in [3.8, 4) is 17.3 Å². The molecule has 4 heterocycles. The Hall–Kier alpha value is -4.03. The second kappa shape index (κ2) is 10.1.